The summed E-state index contributed by atoms with van der Waals surface area (Å²) < 4.78 is 34.9. The predicted octanol–water partition coefficient (Wildman–Crippen LogP) is 4.46. The van der Waals surface area contributed by atoms with Crippen LogP contribution in [0.3, 0.4) is 0 Å². The molecular formula is C23H30F2N2O2. The van der Waals surface area contributed by atoms with Gasteiger partial charge >= 0.3 is 0 Å². The van der Waals surface area contributed by atoms with Crippen LogP contribution in [0.1, 0.15) is 55.7 Å². The summed E-state index contributed by atoms with van der Waals surface area (Å²) in [5, 5.41) is 3.04. The van der Waals surface area contributed by atoms with E-state index in [0.29, 0.717) is 19.1 Å². The Bertz CT molecular complexity index is 825. The minimum Gasteiger partial charge on any atom is -0.376 e. The molecule has 1 aromatic carbocycles. The van der Waals surface area contributed by atoms with Crippen LogP contribution in [0.5, 0.6) is 0 Å². The van der Waals surface area contributed by atoms with Gasteiger partial charge in [-0.25, -0.2) is 8.78 Å². The van der Waals surface area contributed by atoms with E-state index in [-0.39, 0.29) is 23.3 Å². The molecule has 0 saturated heterocycles. The lowest BCUT2D eigenvalue weighted by atomic mass is 9.83. The summed E-state index contributed by atoms with van der Waals surface area (Å²) in [5.74, 6) is -2.42. The van der Waals surface area contributed by atoms with E-state index >= 15 is 0 Å². The minimum atomic E-state index is -2.99. The van der Waals surface area contributed by atoms with Crippen molar-refractivity contribution in [3.05, 3.63) is 70.1 Å². The van der Waals surface area contributed by atoms with Gasteiger partial charge in [-0.05, 0) is 50.3 Å². The molecule has 1 N–H and O–H groups in total. The highest BCUT2D eigenvalue weighted by molar-refractivity contribution is 5.20. The molecule has 3 rings (SSSR count). The molecule has 2 aromatic rings. The first kappa shape index (κ1) is 21.7. The normalized spacial score (nSPS) is 21.1. The second-order valence-electron chi connectivity index (χ2n) is 7.98. The fourth-order valence-corrected chi connectivity index (χ4v) is 4.06. The number of hydrogen-bond acceptors (Lipinski definition) is 3. The number of ether oxygens (including phenoxy) is 1. The second kappa shape index (κ2) is 9.63. The van der Waals surface area contributed by atoms with Gasteiger partial charge in [0.1, 0.15) is 0 Å². The van der Waals surface area contributed by atoms with E-state index in [4.69, 9.17) is 4.74 Å². The standard InChI is InChI=1S/C23H30F2N2O2/c1-23(24,25)19-10-13-22(28)27(15-19)20(14-26-2)16-29-21-11-8-18(9-12-21)17-6-4-3-5-7-17/h3-7,10,13,15,18,20-21,26H,8-9,11-12,14,16H2,1-2H3. The summed E-state index contributed by atoms with van der Waals surface area (Å²) >= 11 is 0. The third kappa shape index (κ3) is 5.73. The van der Waals surface area contributed by atoms with E-state index in [2.05, 4.69) is 29.6 Å². The number of aromatic nitrogens is 1. The number of pyridine rings is 1. The Kier molecular flexibility index (Phi) is 7.19. The maximum absolute atomic E-state index is 13.7. The number of rotatable bonds is 8. The number of alkyl halides is 2. The van der Waals surface area contributed by atoms with Gasteiger partial charge in [0.05, 0.1) is 18.8 Å². The number of nitrogens with zero attached hydrogens (tertiary/aromatic N) is 1. The molecule has 0 bridgehead atoms. The van der Waals surface area contributed by atoms with Crippen LogP contribution in [0.25, 0.3) is 0 Å². The molecule has 6 heteroatoms. The molecule has 1 heterocycles. The van der Waals surface area contributed by atoms with E-state index in [1.54, 1.807) is 7.05 Å². The Morgan fingerprint density at radius 2 is 1.83 bits per heavy atom. The van der Waals surface area contributed by atoms with Crippen molar-refractivity contribution in [3.8, 4) is 0 Å². The average molecular weight is 405 g/mol. The molecule has 158 valence electrons. The minimum absolute atomic E-state index is 0.140. The van der Waals surface area contributed by atoms with Crippen LogP contribution in [0.2, 0.25) is 0 Å². The Balaban J connectivity index is 1.62. The summed E-state index contributed by atoms with van der Waals surface area (Å²) in [7, 11) is 1.78. The van der Waals surface area contributed by atoms with Crippen molar-refractivity contribution in [1.29, 1.82) is 0 Å². The van der Waals surface area contributed by atoms with Gasteiger partial charge in [-0.3, -0.25) is 4.79 Å². The van der Waals surface area contributed by atoms with Crippen LogP contribution in [0, 0.1) is 0 Å². The van der Waals surface area contributed by atoms with Gasteiger partial charge < -0.3 is 14.6 Å². The second-order valence-corrected chi connectivity index (χ2v) is 7.98. The Hall–Kier alpha value is -2.05. The smallest absolute Gasteiger partial charge is 0.271 e. The van der Waals surface area contributed by atoms with Crippen molar-refractivity contribution in [2.75, 3.05) is 20.2 Å². The molecule has 1 aromatic heterocycles. The van der Waals surface area contributed by atoms with Crippen molar-refractivity contribution < 1.29 is 13.5 Å². The number of likely N-dealkylation sites (N-methyl/N-ethyl adjacent to an activating group) is 1. The number of benzene rings is 1. The van der Waals surface area contributed by atoms with Crippen LogP contribution in [-0.4, -0.2) is 30.9 Å². The molecule has 1 aliphatic carbocycles. The molecule has 1 unspecified atom stereocenters. The largest absolute Gasteiger partial charge is 0.376 e. The molecular weight excluding hydrogens is 374 g/mol. The SMILES string of the molecule is CNCC(COC1CCC(c2ccccc2)CC1)n1cc(C(C)(F)F)ccc1=O. The van der Waals surface area contributed by atoms with E-state index in [9.17, 15) is 13.6 Å². The van der Waals surface area contributed by atoms with Gasteiger partial charge in [0.2, 0.25) is 0 Å². The van der Waals surface area contributed by atoms with Crippen LogP contribution in [-0.2, 0) is 10.7 Å². The lowest BCUT2D eigenvalue weighted by Crippen LogP contribution is -2.35. The van der Waals surface area contributed by atoms with Crippen molar-refractivity contribution in [2.24, 2.45) is 0 Å². The zero-order chi connectivity index (χ0) is 20.9. The third-order valence-corrected chi connectivity index (χ3v) is 5.75. The summed E-state index contributed by atoms with van der Waals surface area (Å²) in [6, 6.07) is 12.6. The van der Waals surface area contributed by atoms with E-state index < -0.39 is 5.92 Å². The zero-order valence-electron chi connectivity index (χ0n) is 17.1. The highest BCUT2D eigenvalue weighted by atomic mass is 19.3. The molecule has 1 atom stereocenters. The Morgan fingerprint density at radius 1 is 1.14 bits per heavy atom. The number of halogens is 2. The van der Waals surface area contributed by atoms with E-state index in [1.165, 1.54) is 28.5 Å². The van der Waals surface area contributed by atoms with Crippen LogP contribution < -0.4 is 10.9 Å². The molecule has 0 aliphatic heterocycles. The monoisotopic (exact) mass is 404 g/mol. The van der Waals surface area contributed by atoms with Gasteiger partial charge in [-0.1, -0.05) is 30.3 Å². The Morgan fingerprint density at radius 3 is 2.45 bits per heavy atom. The van der Waals surface area contributed by atoms with Crippen LogP contribution in [0.4, 0.5) is 8.78 Å². The maximum Gasteiger partial charge on any atom is 0.271 e. The molecule has 4 nitrogen and oxygen atoms in total. The number of nitrogens with one attached hydrogen (secondary N) is 1. The molecule has 1 aliphatic rings. The predicted molar refractivity (Wildman–Crippen MR) is 111 cm³/mol. The van der Waals surface area contributed by atoms with Crippen molar-refractivity contribution in [1.82, 2.24) is 9.88 Å². The molecule has 0 spiro atoms. The molecule has 29 heavy (non-hydrogen) atoms. The first-order valence-corrected chi connectivity index (χ1v) is 10.3. The van der Waals surface area contributed by atoms with Gasteiger partial charge in [-0.15, -0.1) is 0 Å². The lowest BCUT2D eigenvalue weighted by Gasteiger charge is -2.30. The lowest BCUT2D eigenvalue weighted by molar-refractivity contribution is 0.00465. The van der Waals surface area contributed by atoms with Crippen molar-refractivity contribution in [2.45, 2.75) is 56.6 Å². The Labute approximate surface area is 170 Å². The average Bonchev–Trinajstić information content (AvgIpc) is 2.72. The topological polar surface area (TPSA) is 43.3 Å². The van der Waals surface area contributed by atoms with Gasteiger partial charge in [-0.2, -0.15) is 0 Å². The van der Waals surface area contributed by atoms with Gasteiger partial charge in [0, 0.05) is 31.3 Å². The first-order chi connectivity index (χ1) is 13.9. The molecule has 0 amide bonds. The summed E-state index contributed by atoms with van der Waals surface area (Å²) in [4.78, 5) is 12.3. The highest BCUT2D eigenvalue weighted by Crippen LogP contribution is 2.34. The summed E-state index contributed by atoms with van der Waals surface area (Å²) in [5.41, 5.74) is 0.916. The number of hydrogen-bond donors (Lipinski definition) is 1. The van der Waals surface area contributed by atoms with E-state index in [1.807, 2.05) is 6.07 Å². The van der Waals surface area contributed by atoms with Gasteiger partial charge in [0.25, 0.3) is 11.5 Å². The zero-order valence-corrected chi connectivity index (χ0v) is 17.1. The molecule has 1 saturated carbocycles. The maximum atomic E-state index is 13.7. The summed E-state index contributed by atoms with van der Waals surface area (Å²) in [6.07, 6.45) is 5.48. The van der Waals surface area contributed by atoms with Crippen LogP contribution >= 0.6 is 0 Å². The van der Waals surface area contributed by atoms with Crippen molar-refractivity contribution >= 4 is 0 Å². The molecule has 1 fully saturated rings. The van der Waals surface area contributed by atoms with Gasteiger partial charge in [0.15, 0.2) is 0 Å². The quantitative estimate of drug-likeness (QED) is 0.706. The fraction of sp³-hybridized carbons (Fsp3) is 0.522. The first-order valence-electron chi connectivity index (χ1n) is 10.3. The summed E-state index contributed by atoms with van der Waals surface area (Å²) in [6.45, 7) is 1.63. The molecule has 0 radical (unpaired) electrons. The fourth-order valence-electron chi connectivity index (χ4n) is 4.06. The highest BCUT2D eigenvalue weighted by Gasteiger charge is 2.27. The van der Waals surface area contributed by atoms with E-state index in [0.717, 1.165) is 32.6 Å². The van der Waals surface area contributed by atoms with Crippen LogP contribution in [0.15, 0.2) is 53.5 Å². The van der Waals surface area contributed by atoms with Crippen molar-refractivity contribution in [3.63, 3.8) is 0 Å². The third-order valence-electron chi connectivity index (χ3n) is 5.75.